The zero-order chi connectivity index (χ0) is 94.4. The van der Waals surface area contributed by atoms with Crippen molar-refractivity contribution in [3.63, 3.8) is 0 Å². The summed E-state index contributed by atoms with van der Waals surface area (Å²) in [6, 6.07) is 44.6. The number of fused-ring (bicyclic) bond motifs is 15. The highest BCUT2D eigenvalue weighted by Gasteiger charge is 2.24. The molecule has 20 aromatic rings. The lowest BCUT2D eigenvalue weighted by Crippen LogP contribution is -1.99. The van der Waals surface area contributed by atoms with Crippen LogP contribution in [0, 0.1) is 60.6 Å². The number of aromatic nitrogens is 15. The van der Waals surface area contributed by atoms with Crippen molar-refractivity contribution in [2.24, 2.45) is 0 Å². The molecule has 0 aliphatic carbocycles. The van der Waals surface area contributed by atoms with Crippen LogP contribution in [0.5, 0.6) is 0 Å². The van der Waals surface area contributed by atoms with Gasteiger partial charge < -0.3 is 55.6 Å². The van der Waals surface area contributed by atoms with Gasteiger partial charge in [-0.15, -0.1) is 56.7 Å². The molecule has 10 aromatic carbocycles. The molecule has 0 amide bonds. The van der Waals surface area contributed by atoms with Crippen molar-refractivity contribution >= 4 is 313 Å². The summed E-state index contributed by atoms with van der Waals surface area (Å²) in [5.74, 6) is 2.77. The Labute approximate surface area is 806 Å². The predicted molar refractivity (Wildman–Crippen MR) is 544 cm³/mol. The summed E-state index contributed by atoms with van der Waals surface area (Å²) < 4.78 is 43.3. The molecule has 672 valence electrons. The largest absolute Gasteiger partial charge is 0.479 e. The zero-order valence-corrected chi connectivity index (χ0v) is 79.9. The first-order valence-electron chi connectivity index (χ1n) is 39.8. The maximum atomic E-state index is 14.0. The molecule has 20 rings (SSSR count). The van der Waals surface area contributed by atoms with E-state index in [1.54, 1.807) is 19.1 Å². The van der Waals surface area contributed by atoms with Gasteiger partial charge in [-0.3, -0.25) is 27.0 Å². The van der Waals surface area contributed by atoms with Gasteiger partial charge in [0.05, 0.1) is 195 Å². The van der Waals surface area contributed by atoms with Gasteiger partial charge in [-0.2, -0.15) is 0 Å². The number of nitrogens with one attached hydrogen (secondary N) is 11. The van der Waals surface area contributed by atoms with E-state index in [0.29, 0.717) is 107 Å². The number of halogens is 6. The smallest absolute Gasteiger partial charge is 0.242 e. The van der Waals surface area contributed by atoms with E-state index in [0.717, 1.165) is 140 Å². The van der Waals surface area contributed by atoms with Crippen LogP contribution < -0.4 is 31.9 Å². The standard InChI is InChI=1S/C20H17ClN6OS.C18H13ClFN5OS.3C18H14ClN5OS/c1-10(2)25-11-4-5-12(21)15(8-11)26-19-16-13(23-9-24-19)6-7-14-17(16)29-20(27-14)18(22)28-3;1-8-5-9(19)13(6-10(8)20)24-17-14-11(22-7-23-17)3-4-12-15(14)27-18(25-12)16(21)26-2;3*1-9-3-4-11(10(19)7-9)23-17-14-12(21-8-22-17)5-6-13-15(14)26-18(24-13)16(20)25-2/h4-9,22,25H,1H2,2-3H3,(H,23,24,26);3-7,21H,1-2H3,(H,22,23,24);3*3-8,20H,1-2H3,(H,21,22,23). The molecule has 0 radical (unpaired) electrons. The normalized spacial score (nSPS) is 11.0. The van der Waals surface area contributed by atoms with Crippen LogP contribution in [-0.2, 0) is 23.7 Å². The third-order valence-electron chi connectivity index (χ3n) is 20.0. The number of ether oxygens (including phenoxy) is 5. The number of hydrogen-bond donors (Lipinski definition) is 11. The van der Waals surface area contributed by atoms with Crippen LogP contribution in [0.2, 0.25) is 25.1 Å². The molecule has 0 aliphatic heterocycles. The van der Waals surface area contributed by atoms with Crippen LogP contribution in [0.15, 0.2) is 190 Å². The Bertz CT molecular complexity index is 7690. The summed E-state index contributed by atoms with van der Waals surface area (Å²) in [7, 11) is 7.26. The number of allylic oxidation sites excluding steroid dienone is 1. The Morgan fingerprint density at radius 2 is 0.552 bits per heavy atom. The molecule has 10 aromatic heterocycles. The first kappa shape index (κ1) is 92.9. The van der Waals surface area contributed by atoms with Crippen molar-refractivity contribution in [3.8, 4) is 0 Å². The fourth-order valence-corrected chi connectivity index (χ4v) is 20.0. The minimum atomic E-state index is -0.362. The maximum Gasteiger partial charge on any atom is 0.242 e. The first-order chi connectivity index (χ1) is 64.6. The molecule has 0 unspecified atom stereocenters. The van der Waals surface area contributed by atoms with E-state index in [1.165, 1.54) is 130 Å². The highest BCUT2D eigenvalue weighted by Crippen LogP contribution is 2.44. The highest BCUT2D eigenvalue weighted by atomic mass is 35.5. The summed E-state index contributed by atoms with van der Waals surface area (Å²) in [5.41, 5.74) is 16.4. The van der Waals surface area contributed by atoms with E-state index < -0.39 is 0 Å². The maximum absolute atomic E-state index is 14.0. The van der Waals surface area contributed by atoms with Crippen LogP contribution in [0.25, 0.3) is 106 Å². The third-order valence-corrected chi connectivity index (χ3v) is 27.0. The van der Waals surface area contributed by atoms with Gasteiger partial charge in [0.25, 0.3) is 0 Å². The van der Waals surface area contributed by atoms with E-state index in [9.17, 15) is 4.39 Å². The number of thiazole rings is 5. The second-order valence-corrected chi connectivity index (χ2v) is 36.2. The molecule has 0 saturated carbocycles. The predicted octanol–water partition coefficient (Wildman–Crippen LogP) is 25.4. The van der Waals surface area contributed by atoms with E-state index in [-0.39, 0.29) is 35.3 Å². The van der Waals surface area contributed by atoms with E-state index >= 15 is 0 Å². The van der Waals surface area contributed by atoms with Crippen LogP contribution in [0.1, 0.15) is 54.2 Å². The van der Waals surface area contributed by atoms with Crippen LogP contribution in [0.3, 0.4) is 0 Å². The molecule has 0 spiro atoms. The summed E-state index contributed by atoms with van der Waals surface area (Å²) >= 11 is 38.5. The zero-order valence-electron chi connectivity index (χ0n) is 72.0. The lowest BCUT2D eigenvalue weighted by molar-refractivity contribution is 0.401. The van der Waals surface area contributed by atoms with E-state index in [4.69, 9.17) is 109 Å². The molecule has 10 heterocycles. The molecule has 0 bridgehead atoms. The van der Waals surface area contributed by atoms with Gasteiger partial charge in [-0.25, -0.2) is 79.2 Å². The summed E-state index contributed by atoms with van der Waals surface area (Å²) in [6.45, 7) is 13.4. The summed E-state index contributed by atoms with van der Waals surface area (Å²) in [5, 5.41) is 68.2. The Morgan fingerprint density at radius 1 is 0.306 bits per heavy atom. The molecule has 0 fully saturated rings. The topological polar surface area (TPSA) is 431 Å². The van der Waals surface area contributed by atoms with Crippen molar-refractivity contribution < 1.29 is 28.1 Å². The fraction of sp³-hybridized carbons (Fsp3) is 0.109. The molecule has 134 heavy (non-hydrogen) atoms. The highest BCUT2D eigenvalue weighted by molar-refractivity contribution is 7.23. The number of anilines is 11. The van der Waals surface area contributed by atoms with E-state index in [2.05, 4.69) is 113 Å². The molecular formula is C92H72Cl5FN26O5S5. The van der Waals surface area contributed by atoms with Crippen molar-refractivity contribution in [3.05, 3.63) is 268 Å². The molecule has 0 aliphatic rings. The van der Waals surface area contributed by atoms with Gasteiger partial charge in [0.15, 0.2) is 25.0 Å². The molecule has 42 heteroatoms. The average molecular weight is 1980 g/mol. The van der Waals surface area contributed by atoms with Gasteiger partial charge >= 0.3 is 0 Å². The van der Waals surface area contributed by atoms with Gasteiger partial charge in [0.2, 0.25) is 29.5 Å². The molecule has 0 atom stereocenters. The van der Waals surface area contributed by atoms with Crippen molar-refractivity contribution in [1.82, 2.24) is 74.8 Å². The molecule has 31 nitrogen and oxygen atoms in total. The quantitative estimate of drug-likeness (QED) is 0.0298. The third kappa shape index (κ3) is 20.0. The minimum Gasteiger partial charge on any atom is -0.479 e. The molecule has 0 saturated heterocycles. The van der Waals surface area contributed by atoms with Crippen LogP contribution in [-0.4, -0.2) is 140 Å². The first-order valence-corrected chi connectivity index (χ1v) is 45.8. The second kappa shape index (κ2) is 40.4. The summed E-state index contributed by atoms with van der Waals surface area (Å²) in [4.78, 5) is 66.0. The number of aryl methyl sites for hydroxylation is 4. The Kier molecular flexibility index (Phi) is 28.0. The number of hydrogen-bond acceptors (Lipinski definition) is 36. The minimum absolute atomic E-state index is 0.0145. The van der Waals surface area contributed by atoms with Crippen LogP contribution >= 0.6 is 115 Å². The second-order valence-electron chi connectivity index (χ2n) is 29.2. The fourth-order valence-electron chi connectivity index (χ4n) is 13.5. The lowest BCUT2D eigenvalue weighted by Gasteiger charge is -2.13. The Morgan fingerprint density at radius 3 is 0.806 bits per heavy atom. The Balaban J connectivity index is 0.000000122. The number of methoxy groups -OCH3 is 5. The van der Waals surface area contributed by atoms with Gasteiger partial charge in [0, 0.05) is 11.4 Å². The van der Waals surface area contributed by atoms with Gasteiger partial charge in [0.1, 0.15) is 66.5 Å². The SMILES string of the molecule is C=C(C)Nc1ccc(Cl)c(Nc2ncnc3ccc4nc(C(=N)OC)sc4c23)c1.COC(=N)c1nc2ccc3ncnc(Nc4cc(F)c(C)cc4Cl)c3c2s1.COC(=N)c1nc2ccc3ncnc(Nc4ccc(C)cc4Cl)c3c2s1.COC(=N)c1nc2ccc3ncnc(Nc4ccc(C)cc4Cl)c3c2s1.COC(=N)c1nc2ccc3ncnc(Nc4ccc(C)cc4Cl)c3c2s1. The van der Waals surface area contributed by atoms with E-state index in [1.807, 2.05) is 155 Å². The lowest BCUT2D eigenvalue weighted by atomic mass is 10.2. The van der Waals surface area contributed by atoms with Crippen molar-refractivity contribution in [2.45, 2.75) is 34.6 Å². The number of benzene rings is 10. The van der Waals surface area contributed by atoms with Gasteiger partial charge in [-0.05, 0) is 184 Å². The summed E-state index contributed by atoms with van der Waals surface area (Å²) in [6.07, 6.45) is 7.46. The van der Waals surface area contributed by atoms with Crippen molar-refractivity contribution in [2.75, 3.05) is 67.4 Å². The van der Waals surface area contributed by atoms with Crippen molar-refractivity contribution in [1.29, 1.82) is 27.0 Å². The van der Waals surface area contributed by atoms with Crippen LogP contribution in [0.4, 0.5) is 67.6 Å². The Hall–Kier alpha value is -14.4. The molecular weight excluding hydrogens is 1910 g/mol. The van der Waals surface area contributed by atoms with Gasteiger partial charge in [-0.1, -0.05) is 82.8 Å². The number of nitrogens with zero attached hydrogens (tertiary/aromatic N) is 15. The monoisotopic (exact) mass is 1970 g/mol. The number of rotatable bonds is 17. The average Bonchev–Trinajstić information content (AvgIpc) is 1.59. The molecule has 11 N–H and O–H groups in total.